The lowest BCUT2D eigenvalue weighted by molar-refractivity contribution is -0.119. The quantitative estimate of drug-likeness (QED) is 0.410. The zero-order valence-corrected chi connectivity index (χ0v) is 18.6. The second-order valence-corrected chi connectivity index (χ2v) is 8.38. The van der Waals surface area contributed by atoms with Gasteiger partial charge in [-0.3, -0.25) is 14.7 Å². The molecule has 34 heavy (non-hydrogen) atoms. The van der Waals surface area contributed by atoms with Crippen LogP contribution in [-0.4, -0.2) is 33.5 Å². The monoisotopic (exact) mass is 473 g/mol. The Hall–Kier alpha value is -4.31. The lowest BCUT2D eigenvalue weighted by Gasteiger charge is -2.17. The number of aromatic nitrogens is 3. The number of nitrogens with one attached hydrogen (secondary N) is 1. The third-order valence-corrected chi connectivity index (χ3v) is 6.29. The number of ether oxygens (including phenoxy) is 2. The van der Waals surface area contributed by atoms with Crippen LogP contribution in [0.1, 0.15) is 10.8 Å². The Morgan fingerprint density at radius 3 is 2.38 bits per heavy atom. The van der Waals surface area contributed by atoms with Crippen LogP contribution < -0.4 is 20.5 Å². The molecule has 170 valence electrons. The van der Waals surface area contributed by atoms with E-state index in [4.69, 9.17) is 15.2 Å². The van der Waals surface area contributed by atoms with E-state index in [0.29, 0.717) is 28.0 Å². The summed E-state index contributed by atoms with van der Waals surface area (Å²) in [6.45, 7) is 0.166. The van der Waals surface area contributed by atoms with Crippen LogP contribution in [0.2, 0.25) is 0 Å². The highest BCUT2D eigenvalue weighted by molar-refractivity contribution is 8.00. The fourth-order valence-electron chi connectivity index (χ4n) is 3.57. The molecule has 0 saturated carbocycles. The number of carbonyl (C=O) groups excluding carboxylic acids is 2. The normalized spacial score (nSPS) is 12.8. The molecule has 0 aliphatic carbocycles. The van der Waals surface area contributed by atoms with Gasteiger partial charge in [0, 0.05) is 11.3 Å². The molecule has 5 rings (SSSR count). The summed E-state index contributed by atoms with van der Waals surface area (Å²) >= 11 is 1.17. The predicted octanol–water partition coefficient (Wildman–Crippen LogP) is 3.69. The molecule has 1 unspecified atom stereocenters. The Morgan fingerprint density at radius 1 is 0.941 bits per heavy atom. The van der Waals surface area contributed by atoms with Gasteiger partial charge in [0.25, 0.3) is 0 Å². The Bertz CT molecular complexity index is 1340. The first-order valence-electron chi connectivity index (χ1n) is 10.3. The molecule has 0 radical (unpaired) electrons. The number of carbonyl (C=O) groups is 2. The predicted molar refractivity (Wildman–Crippen MR) is 126 cm³/mol. The largest absolute Gasteiger partial charge is 0.454 e. The number of urea groups is 1. The first-order chi connectivity index (χ1) is 16.6. The third-order valence-electron chi connectivity index (χ3n) is 5.09. The summed E-state index contributed by atoms with van der Waals surface area (Å²) in [6, 6.07) is 23.3. The van der Waals surface area contributed by atoms with Gasteiger partial charge in [-0.1, -0.05) is 60.3 Å². The Labute approximate surface area is 198 Å². The first kappa shape index (κ1) is 21.5. The number of hydrogen-bond donors (Lipinski definition) is 2. The molecule has 1 aliphatic rings. The summed E-state index contributed by atoms with van der Waals surface area (Å²) in [5.41, 5.74) is 7.48. The maximum atomic E-state index is 12.9. The van der Waals surface area contributed by atoms with E-state index in [-0.39, 0.29) is 6.79 Å². The average Bonchev–Trinajstić information content (AvgIpc) is 3.49. The standard InChI is InChI=1S/C24H19N5O4S/c25-23(31)26-22(30)20(15-7-3-1-4-8-15)34-24-28-27-21(29(24)17-9-5-2-6-10-17)16-11-12-18-19(13-16)33-14-32-18/h1-13,20H,14H2,(H3,25,26,30,31). The van der Waals surface area contributed by atoms with Crippen LogP contribution >= 0.6 is 11.8 Å². The molecule has 0 spiro atoms. The number of imide groups is 1. The van der Waals surface area contributed by atoms with Gasteiger partial charge in [-0.15, -0.1) is 10.2 Å². The van der Waals surface area contributed by atoms with E-state index in [0.717, 1.165) is 11.3 Å². The van der Waals surface area contributed by atoms with Gasteiger partial charge in [0.15, 0.2) is 22.5 Å². The van der Waals surface area contributed by atoms with Gasteiger partial charge in [-0.05, 0) is 35.9 Å². The highest BCUT2D eigenvalue weighted by atomic mass is 32.2. The number of amides is 3. The lowest BCUT2D eigenvalue weighted by Crippen LogP contribution is -2.37. The summed E-state index contributed by atoms with van der Waals surface area (Å²) in [7, 11) is 0. The van der Waals surface area contributed by atoms with Gasteiger partial charge in [0.2, 0.25) is 12.7 Å². The number of rotatable bonds is 6. The Kier molecular flexibility index (Phi) is 5.88. The molecule has 4 aromatic rings. The number of primary amides is 1. The van der Waals surface area contributed by atoms with Crippen molar-refractivity contribution in [2.24, 2.45) is 5.73 Å². The van der Waals surface area contributed by atoms with Gasteiger partial charge in [-0.25, -0.2) is 4.79 Å². The molecule has 3 N–H and O–H groups in total. The van der Waals surface area contributed by atoms with Crippen molar-refractivity contribution in [1.82, 2.24) is 20.1 Å². The van der Waals surface area contributed by atoms with Gasteiger partial charge in [0.1, 0.15) is 5.25 Å². The second-order valence-electron chi connectivity index (χ2n) is 7.31. The fourth-order valence-corrected chi connectivity index (χ4v) is 4.63. The van der Waals surface area contributed by atoms with Gasteiger partial charge >= 0.3 is 6.03 Å². The molecule has 0 fully saturated rings. The summed E-state index contributed by atoms with van der Waals surface area (Å²) in [4.78, 5) is 24.3. The van der Waals surface area contributed by atoms with Crippen molar-refractivity contribution in [3.63, 3.8) is 0 Å². The molecule has 0 bridgehead atoms. The molecule has 1 aromatic heterocycles. The van der Waals surface area contributed by atoms with Gasteiger partial charge < -0.3 is 15.2 Å². The van der Waals surface area contributed by atoms with Crippen molar-refractivity contribution in [3.8, 4) is 28.6 Å². The van der Waals surface area contributed by atoms with E-state index in [1.807, 2.05) is 71.3 Å². The van der Waals surface area contributed by atoms with Crippen LogP contribution in [0.3, 0.4) is 0 Å². The SMILES string of the molecule is NC(=O)NC(=O)C(Sc1nnc(-c2ccc3c(c2)OCO3)n1-c1ccccc1)c1ccccc1. The van der Waals surface area contributed by atoms with E-state index in [1.165, 1.54) is 11.8 Å². The highest BCUT2D eigenvalue weighted by Gasteiger charge is 2.28. The van der Waals surface area contributed by atoms with E-state index in [2.05, 4.69) is 15.5 Å². The van der Waals surface area contributed by atoms with Crippen LogP contribution in [0.25, 0.3) is 17.1 Å². The summed E-state index contributed by atoms with van der Waals surface area (Å²) in [5.74, 6) is 1.30. The van der Waals surface area contributed by atoms with E-state index < -0.39 is 17.2 Å². The fraction of sp³-hybridized carbons (Fsp3) is 0.0833. The van der Waals surface area contributed by atoms with Crippen LogP contribution in [0.15, 0.2) is 84.0 Å². The minimum Gasteiger partial charge on any atom is -0.454 e. The van der Waals surface area contributed by atoms with Crippen molar-refractivity contribution in [1.29, 1.82) is 0 Å². The molecule has 10 heteroatoms. The van der Waals surface area contributed by atoms with Gasteiger partial charge in [-0.2, -0.15) is 0 Å². The third kappa shape index (κ3) is 4.30. The minimum absolute atomic E-state index is 0.166. The van der Waals surface area contributed by atoms with Crippen molar-refractivity contribution in [3.05, 3.63) is 84.4 Å². The lowest BCUT2D eigenvalue weighted by atomic mass is 10.1. The number of fused-ring (bicyclic) bond motifs is 1. The number of thioether (sulfide) groups is 1. The minimum atomic E-state index is -0.919. The molecule has 1 aliphatic heterocycles. The van der Waals surface area contributed by atoms with Crippen LogP contribution in [0.4, 0.5) is 4.79 Å². The topological polar surface area (TPSA) is 121 Å². The molecule has 0 saturated heterocycles. The zero-order chi connectivity index (χ0) is 23.5. The van der Waals surface area contributed by atoms with Crippen LogP contribution in [0.5, 0.6) is 11.5 Å². The molecule has 1 atom stereocenters. The molecule has 3 amide bonds. The number of nitrogens with zero attached hydrogens (tertiary/aromatic N) is 3. The summed E-state index contributed by atoms with van der Waals surface area (Å²) < 4.78 is 12.8. The van der Waals surface area contributed by atoms with Crippen LogP contribution in [0, 0.1) is 0 Å². The second kappa shape index (κ2) is 9.28. The molecule has 3 aromatic carbocycles. The Balaban J connectivity index is 1.59. The molecular formula is C24H19N5O4S. The maximum Gasteiger partial charge on any atom is 0.318 e. The number of nitrogens with two attached hydrogens (primary N) is 1. The van der Waals surface area contributed by atoms with Crippen molar-refractivity contribution >= 4 is 23.7 Å². The van der Waals surface area contributed by atoms with Crippen molar-refractivity contribution in [2.45, 2.75) is 10.4 Å². The van der Waals surface area contributed by atoms with E-state index in [1.54, 1.807) is 12.1 Å². The van der Waals surface area contributed by atoms with Crippen LogP contribution in [-0.2, 0) is 4.79 Å². The number of benzene rings is 3. The molecule has 2 heterocycles. The Morgan fingerprint density at radius 2 is 1.65 bits per heavy atom. The average molecular weight is 474 g/mol. The number of para-hydroxylation sites is 1. The molecular weight excluding hydrogens is 454 g/mol. The summed E-state index contributed by atoms with van der Waals surface area (Å²) in [5, 5.41) is 10.7. The maximum absolute atomic E-state index is 12.9. The highest BCUT2D eigenvalue weighted by Crippen LogP contribution is 2.40. The van der Waals surface area contributed by atoms with Crippen molar-refractivity contribution < 1.29 is 19.1 Å². The van der Waals surface area contributed by atoms with Gasteiger partial charge in [0.05, 0.1) is 0 Å². The van der Waals surface area contributed by atoms with E-state index in [9.17, 15) is 9.59 Å². The number of hydrogen-bond acceptors (Lipinski definition) is 7. The van der Waals surface area contributed by atoms with E-state index >= 15 is 0 Å². The van der Waals surface area contributed by atoms with Crippen molar-refractivity contribution in [2.75, 3.05) is 6.79 Å². The smallest absolute Gasteiger partial charge is 0.318 e. The zero-order valence-electron chi connectivity index (χ0n) is 17.8. The summed E-state index contributed by atoms with van der Waals surface area (Å²) in [6.07, 6.45) is 0. The first-order valence-corrected chi connectivity index (χ1v) is 11.2. The molecule has 9 nitrogen and oxygen atoms in total.